The summed E-state index contributed by atoms with van der Waals surface area (Å²) in [5, 5.41) is 11.1. The van der Waals surface area contributed by atoms with Crippen LogP contribution in [0, 0.1) is 22.7 Å². The SMILES string of the molecule is C=C[C@@]1(O)[C@H](C(C)=O)C[C@H]2C(C)(C)CCC[C@@]21C. The monoisotopic (exact) mass is 250 g/mol. The lowest BCUT2D eigenvalue weighted by Gasteiger charge is -2.51. The highest BCUT2D eigenvalue weighted by molar-refractivity contribution is 5.81. The van der Waals surface area contributed by atoms with Crippen molar-refractivity contribution in [2.45, 2.75) is 59.0 Å². The van der Waals surface area contributed by atoms with Gasteiger partial charge < -0.3 is 5.11 Å². The lowest BCUT2D eigenvalue weighted by molar-refractivity contribution is -0.133. The minimum atomic E-state index is -1.03. The molecule has 0 unspecified atom stereocenters. The van der Waals surface area contributed by atoms with Gasteiger partial charge in [-0.15, -0.1) is 6.58 Å². The number of aliphatic hydroxyl groups is 1. The van der Waals surface area contributed by atoms with Gasteiger partial charge in [0, 0.05) is 5.41 Å². The molecule has 2 heteroatoms. The molecular formula is C16H26O2. The fourth-order valence-corrected chi connectivity index (χ4v) is 4.85. The Hall–Kier alpha value is -0.630. The number of Topliss-reactive ketones (excluding diaryl/α,β-unsaturated/α-hetero) is 1. The van der Waals surface area contributed by atoms with Crippen LogP contribution in [0.3, 0.4) is 0 Å². The Morgan fingerprint density at radius 2 is 1.94 bits per heavy atom. The lowest BCUT2D eigenvalue weighted by Crippen LogP contribution is -2.52. The number of carbonyl (C=O) groups is 1. The van der Waals surface area contributed by atoms with E-state index in [9.17, 15) is 9.90 Å². The molecule has 0 bridgehead atoms. The lowest BCUT2D eigenvalue weighted by atomic mass is 9.54. The second kappa shape index (κ2) is 3.93. The highest BCUT2D eigenvalue weighted by atomic mass is 16.3. The standard InChI is InChI=1S/C16H26O2/c1-6-16(18)12(11(2)17)10-13-14(3,4)8-7-9-15(13,16)5/h6,12-13,18H,1,7-10H2,2-5H3/t12-,13-,15-,16+/m0/s1. The van der Waals surface area contributed by atoms with E-state index in [4.69, 9.17) is 0 Å². The number of hydrogen-bond donors (Lipinski definition) is 1. The van der Waals surface area contributed by atoms with Gasteiger partial charge in [0.2, 0.25) is 0 Å². The maximum absolute atomic E-state index is 11.9. The van der Waals surface area contributed by atoms with E-state index in [2.05, 4.69) is 27.4 Å². The van der Waals surface area contributed by atoms with Gasteiger partial charge in [0.1, 0.15) is 5.78 Å². The Balaban J connectivity index is 2.52. The number of hydrogen-bond acceptors (Lipinski definition) is 2. The summed E-state index contributed by atoms with van der Waals surface area (Å²) in [5.41, 5.74) is -1.03. The third-order valence-corrected chi connectivity index (χ3v) is 5.95. The van der Waals surface area contributed by atoms with Crippen LogP contribution in [-0.4, -0.2) is 16.5 Å². The molecule has 0 heterocycles. The summed E-state index contributed by atoms with van der Waals surface area (Å²) in [6.07, 6.45) is 5.75. The summed E-state index contributed by atoms with van der Waals surface area (Å²) in [6.45, 7) is 12.1. The van der Waals surface area contributed by atoms with Crippen molar-refractivity contribution in [2.75, 3.05) is 0 Å². The molecule has 0 saturated heterocycles. The van der Waals surface area contributed by atoms with E-state index >= 15 is 0 Å². The molecule has 18 heavy (non-hydrogen) atoms. The van der Waals surface area contributed by atoms with Crippen LogP contribution in [0.5, 0.6) is 0 Å². The predicted molar refractivity (Wildman–Crippen MR) is 73.2 cm³/mol. The molecule has 0 aliphatic heterocycles. The number of fused-ring (bicyclic) bond motifs is 1. The van der Waals surface area contributed by atoms with Gasteiger partial charge >= 0.3 is 0 Å². The Morgan fingerprint density at radius 1 is 1.33 bits per heavy atom. The van der Waals surface area contributed by atoms with Crippen molar-refractivity contribution in [3.8, 4) is 0 Å². The van der Waals surface area contributed by atoms with Crippen molar-refractivity contribution in [3.05, 3.63) is 12.7 Å². The first-order chi connectivity index (χ1) is 8.19. The van der Waals surface area contributed by atoms with Crippen LogP contribution < -0.4 is 0 Å². The van der Waals surface area contributed by atoms with Crippen LogP contribution in [0.25, 0.3) is 0 Å². The maximum atomic E-state index is 11.9. The van der Waals surface area contributed by atoms with Gasteiger partial charge in [0.05, 0.1) is 11.5 Å². The first-order valence-electron chi connectivity index (χ1n) is 7.05. The van der Waals surface area contributed by atoms with Crippen molar-refractivity contribution in [3.63, 3.8) is 0 Å². The molecule has 0 aromatic carbocycles. The van der Waals surface area contributed by atoms with Gasteiger partial charge in [0.15, 0.2) is 0 Å². The predicted octanol–water partition coefficient (Wildman–Crippen LogP) is 3.35. The minimum Gasteiger partial charge on any atom is -0.384 e. The van der Waals surface area contributed by atoms with E-state index in [-0.39, 0.29) is 22.5 Å². The van der Waals surface area contributed by atoms with Gasteiger partial charge in [-0.05, 0) is 37.5 Å². The zero-order chi connectivity index (χ0) is 13.8. The molecule has 1 N–H and O–H groups in total. The van der Waals surface area contributed by atoms with Crippen molar-refractivity contribution in [1.29, 1.82) is 0 Å². The fraction of sp³-hybridized carbons (Fsp3) is 0.812. The van der Waals surface area contributed by atoms with E-state index in [1.807, 2.05) is 0 Å². The van der Waals surface area contributed by atoms with E-state index in [1.54, 1.807) is 13.0 Å². The Kier molecular flexibility index (Phi) is 3.01. The molecular weight excluding hydrogens is 224 g/mol. The summed E-state index contributed by atoms with van der Waals surface area (Å²) in [5.74, 6) is 0.224. The summed E-state index contributed by atoms with van der Waals surface area (Å²) in [4.78, 5) is 11.9. The van der Waals surface area contributed by atoms with E-state index in [0.717, 1.165) is 19.3 Å². The topological polar surface area (TPSA) is 37.3 Å². The smallest absolute Gasteiger partial charge is 0.136 e. The summed E-state index contributed by atoms with van der Waals surface area (Å²) < 4.78 is 0. The first-order valence-corrected chi connectivity index (χ1v) is 7.05. The van der Waals surface area contributed by atoms with Gasteiger partial charge in [-0.1, -0.05) is 33.3 Å². The molecule has 2 fully saturated rings. The zero-order valence-electron chi connectivity index (χ0n) is 12.1. The van der Waals surface area contributed by atoms with E-state index < -0.39 is 5.60 Å². The zero-order valence-corrected chi connectivity index (χ0v) is 12.1. The first kappa shape index (κ1) is 13.8. The molecule has 4 atom stereocenters. The largest absolute Gasteiger partial charge is 0.384 e. The molecule has 0 aromatic heterocycles. The molecule has 0 spiro atoms. The summed E-state index contributed by atoms with van der Waals surface area (Å²) in [6, 6.07) is 0. The molecule has 2 aliphatic rings. The Morgan fingerprint density at radius 3 is 2.44 bits per heavy atom. The van der Waals surface area contributed by atoms with Crippen molar-refractivity contribution in [1.82, 2.24) is 0 Å². The molecule has 2 saturated carbocycles. The van der Waals surface area contributed by atoms with Crippen LogP contribution >= 0.6 is 0 Å². The molecule has 2 aliphatic carbocycles. The quantitative estimate of drug-likeness (QED) is 0.763. The second-order valence-corrected chi connectivity index (χ2v) is 7.24. The van der Waals surface area contributed by atoms with Crippen LogP contribution in [0.1, 0.15) is 53.4 Å². The fourth-order valence-electron chi connectivity index (χ4n) is 4.85. The van der Waals surface area contributed by atoms with Crippen LogP contribution in [0.4, 0.5) is 0 Å². The minimum absolute atomic E-state index is 0.101. The van der Waals surface area contributed by atoms with Crippen molar-refractivity contribution in [2.24, 2.45) is 22.7 Å². The van der Waals surface area contributed by atoms with Crippen LogP contribution in [0.15, 0.2) is 12.7 Å². The summed E-state index contributed by atoms with van der Waals surface area (Å²) in [7, 11) is 0. The second-order valence-electron chi connectivity index (χ2n) is 7.24. The maximum Gasteiger partial charge on any atom is 0.136 e. The van der Waals surface area contributed by atoms with Crippen LogP contribution in [0.2, 0.25) is 0 Å². The van der Waals surface area contributed by atoms with Gasteiger partial charge in [0.25, 0.3) is 0 Å². The number of ketones is 1. The van der Waals surface area contributed by atoms with E-state index in [1.165, 1.54) is 6.42 Å². The van der Waals surface area contributed by atoms with Crippen LogP contribution in [-0.2, 0) is 4.79 Å². The molecule has 2 rings (SSSR count). The average Bonchev–Trinajstić information content (AvgIpc) is 2.50. The van der Waals surface area contributed by atoms with E-state index in [0.29, 0.717) is 5.92 Å². The molecule has 0 radical (unpaired) electrons. The number of rotatable bonds is 2. The normalized spacial score (nSPS) is 46.5. The third kappa shape index (κ3) is 1.54. The molecule has 2 nitrogen and oxygen atoms in total. The summed E-state index contributed by atoms with van der Waals surface area (Å²) >= 11 is 0. The highest BCUT2D eigenvalue weighted by Crippen LogP contribution is 2.65. The molecule has 102 valence electrons. The third-order valence-electron chi connectivity index (χ3n) is 5.95. The Bertz CT molecular complexity index is 385. The number of carbonyl (C=O) groups excluding carboxylic acids is 1. The molecule has 0 aromatic rings. The van der Waals surface area contributed by atoms with Crippen molar-refractivity contribution >= 4 is 5.78 Å². The van der Waals surface area contributed by atoms with Gasteiger partial charge in [-0.25, -0.2) is 0 Å². The van der Waals surface area contributed by atoms with Crippen molar-refractivity contribution < 1.29 is 9.90 Å². The van der Waals surface area contributed by atoms with Gasteiger partial charge in [-0.2, -0.15) is 0 Å². The highest BCUT2D eigenvalue weighted by Gasteiger charge is 2.65. The van der Waals surface area contributed by atoms with Gasteiger partial charge in [-0.3, -0.25) is 4.79 Å². The Labute approximate surface area is 110 Å². The molecule has 0 amide bonds. The average molecular weight is 250 g/mol.